The van der Waals surface area contributed by atoms with Crippen molar-refractivity contribution in [1.82, 2.24) is 5.32 Å². The van der Waals surface area contributed by atoms with E-state index in [1.165, 1.54) is 0 Å². The Kier molecular flexibility index (Phi) is 9.84. The highest BCUT2D eigenvalue weighted by atomic mass is 35.5. The highest BCUT2D eigenvalue weighted by Crippen LogP contribution is 2.16. The van der Waals surface area contributed by atoms with E-state index in [0.717, 1.165) is 0 Å². The molecule has 0 aromatic heterocycles. The fourth-order valence-electron chi connectivity index (χ4n) is 1.49. The molecule has 0 fully saturated rings. The van der Waals surface area contributed by atoms with E-state index in [2.05, 4.69) is 33.0 Å². The van der Waals surface area contributed by atoms with Gasteiger partial charge in [-0.25, -0.2) is 0 Å². The molecule has 0 radical (unpaired) electrons. The largest absolute Gasteiger partial charge is 0.493 e. The Bertz CT molecular complexity index is 398. The van der Waals surface area contributed by atoms with Crippen molar-refractivity contribution < 1.29 is 14.6 Å². The summed E-state index contributed by atoms with van der Waals surface area (Å²) in [5, 5.41) is 12.5. The van der Waals surface area contributed by atoms with Crippen LogP contribution in [0.1, 0.15) is 34.6 Å². The highest BCUT2D eigenvalue weighted by molar-refractivity contribution is 6.30. The topological polar surface area (TPSA) is 58.6 Å². The molecular formula is C16H26ClNO3. The molecule has 21 heavy (non-hydrogen) atoms. The zero-order chi connectivity index (χ0) is 16.4. The molecule has 0 aliphatic carbocycles. The molecule has 0 aliphatic rings. The van der Waals surface area contributed by atoms with Crippen molar-refractivity contribution in [2.75, 3.05) is 6.61 Å². The maximum atomic E-state index is 10.5. The number of rotatable bonds is 6. The molecule has 0 saturated heterocycles. The van der Waals surface area contributed by atoms with Crippen molar-refractivity contribution in [3.05, 3.63) is 29.3 Å². The van der Waals surface area contributed by atoms with Crippen molar-refractivity contribution in [2.45, 2.75) is 46.7 Å². The average Bonchev–Trinajstić information content (AvgIpc) is 2.36. The summed E-state index contributed by atoms with van der Waals surface area (Å²) in [6.45, 7) is 10.4. The van der Waals surface area contributed by atoms with E-state index >= 15 is 0 Å². The first-order valence-corrected chi connectivity index (χ1v) is 7.47. The molecule has 1 aromatic rings. The van der Waals surface area contributed by atoms with Crippen LogP contribution in [-0.4, -0.2) is 29.8 Å². The van der Waals surface area contributed by atoms with Crippen molar-refractivity contribution >= 4 is 17.6 Å². The van der Waals surface area contributed by atoms with Gasteiger partial charge in [0.15, 0.2) is 0 Å². The minimum absolute atomic E-state index is 0.164. The molecule has 0 saturated carbocycles. The van der Waals surface area contributed by atoms with Crippen molar-refractivity contribution in [3.63, 3.8) is 0 Å². The van der Waals surface area contributed by atoms with Gasteiger partial charge in [-0.05, 0) is 31.2 Å². The van der Waals surface area contributed by atoms with Crippen molar-refractivity contribution in [2.24, 2.45) is 5.92 Å². The van der Waals surface area contributed by atoms with E-state index in [0.29, 0.717) is 22.9 Å². The third-order valence-corrected chi connectivity index (χ3v) is 2.65. The van der Waals surface area contributed by atoms with Crippen molar-refractivity contribution in [3.8, 4) is 5.75 Å². The molecule has 5 heteroatoms. The fraction of sp³-hybridized carbons (Fsp3) is 0.562. The molecule has 1 atom stereocenters. The summed E-state index contributed by atoms with van der Waals surface area (Å²) in [5.41, 5.74) is 0. The van der Waals surface area contributed by atoms with E-state index in [-0.39, 0.29) is 6.61 Å². The van der Waals surface area contributed by atoms with E-state index in [1.807, 2.05) is 0 Å². The van der Waals surface area contributed by atoms with Crippen LogP contribution >= 0.6 is 11.6 Å². The molecule has 1 aromatic carbocycles. The van der Waals surface area contributed by atoms with Gasteiger partial charge in [-0.1, -0.05) is 39.3 Å². The van der Waals surface area contributed by atoms with Crippen LogP contribution in [-0.2, 0) is 4.79 Å². The number of nitrogens with one attached hydrogen (secondary N) is 1. The second-order valence-electron chi connectivity index (χ2n) is 5.48. The smallest absolute Gasteiger partial charge is 0.309 e. The number of carbonyl (C=O) groups is 1. The number of hydrogen-bond acceptors (Lipinski definition) is 3. The Hall–Kier alpha value is -1.26. The fourth-order valence-corrected chi connectivity index (χ4v) is 1.62. The van der Waals surface area contributed by atoms with Crippen LogP contribution in [0.5, 0.6) is 5.75 Å². The van der Waals surface area contributed by atoms with E-state index in [9.17, 15) is 4.79 Å². The van der Waals surface area contributed by atoms with Gasteiger partial charge >= 0.3 is 5.97 Å². The van der Waals surface area contributed by atoms with Crippen molar-refractivity contribution in [1.29, 1.82) is 0 Å². The van der Waals surface area contributed by atoms with Crippen LogP contribution in [0.3, 0.4) is 0 Å². The van der Waals surface area contributed by atoms with Crippen LogP contribution in [0.2, 0.25) is 5.02 Å². The molecule has 4 nitrogen and oxygen atoms in total. The predicted molar refractivity (Wildman–Crippen MR) is 87.2 cm³/mol. The SMILES string of the molecule is CC(C)NC(C)C.CC(COc1ccc(Cl)cc1)C(=O)O. The summed E-state index contributed by atoms with van der Waals surface area (Å²) < 4.78 is 5.24. The van der Waals surface area contributed by atoms with Gasteiger partial charge < -0.3 is 15.2 Å². The van der Waals surface area contributed by atoms with Gasteiger partial charge in [0, 0.05) is 17.1 Å². The molecule has 0 bridgehead atoms. The zero-order valence-electron chi connectivity index (χ0n) is 13.4. The van der Waals surface area contributed by atoms with Gasteiger partial charge in [0.05, 0.1) is 5.92 Å². The first-order valence-electron chi connectivity index (χ1n) is 7.09. The van der Waals surface area contributed by atoms with Gasteiger partial charge in [0.25, 0.3) is 0 Å². The number of hydrogen-bond donors (Lipinski definition) is 2. The van der Waals surface area contributed by atoms with Crippen LogP contribution in [0.15, 0.2) is 24.3 Å². The lowest BCUT2D eigenvalue weighted by molar-refractivity contribution is -0.142. The summed E-state index contributed by atoms with van der Waals surface area (Å²) in [6, 6.07) is 8.05. The molecule has 120 valence electrons. The maximum absolute atomic E-state index is 10.5. The van der Waals surface area contributed by atoms with Gasteiger partial charge in [-0.2, -0.15) is 0 Å². The summed E-state index contributed by atoms with van der Waals surface area (Å²) in [5.74, 6) is -0.743. The monoisotopic (exact) mass is 315 g/mol. The number of benzene rings is 1. The molecule has 0 amide bonds. The van der Waals surface area contributed by atoms with E-state index < -0.39 is 11.9 Å². The predicted octanol–water partition coefficient (Wildman–Crippen LogP) is 3.83. The Morgan fingerprint density at radius 1 is 1.14 bits per heavy atom. The van der Waals surface area contributed by atoms with E-state index in [1.54, 1.807) is 31.2 Å². The number of carboxylic acid groups (broad SMARTS) is 1. The first-order chi connectivity index (χ1) is 9.72. The maximum Gasteiger partial charge on any atom is 0.309 e. The Morgan fingerprint density at radius 2 is 1.62 bits per heavy atom. The van der Waals surface area contributed by atoms with Crippen LogP contribution < -0.4 is 10.1 Å². The third-order valence-electron chi connectivity index (χ3n) is 2.40. The number of carboxylic acids is 1. The van der Waals surface area contributed by atoms with Gasteiger partial charge in [-0.3, -0.25) is 4.79 Å². The molecule has 0 heterocycles. The van der Waals surface area contributed by atoms with Gasteiger partial charge in [0.1, 0.15) is 12.4 Å². The van der Waals surface area contributed by atoms with Crippen LogP contribution in [0.4, 0.5) is 0 Å². The van der Waals surface area contributed by atoms with Gasteiger partial charge in [0.2, 0.25) is 0 Å². The molecule has 1 unspecified atom stereocenters. The molecular weight excluding hydrogens is 290 g/mol. The second-order valence-corrected chi connectivity index (χ2v) is 5.92. The first kappa shape index (κ1) is 19.7. The van der Waals surface area contributed by atoms with Crippen LogP contribution in [0, 0.1) is 5.92 Å². The van der Waals surface area contributed by atoms with Crippen LogP contribution in [0.25, 0.3) is 0 Å². The Labute approximate surface area is 132 Å². The Morgan fingerprint density at radius 3 is 1.95 bits per heavy atom. The lowest BCUT2D eigenvalue weighted by Gasteiger charge is -2.10. The summed E-state index contributed by atoms with van der Waals surface area (Å²) >= 11 is 5.68. The lowest BCUT2D eigenvalue weighted by atomic mass is 10.2. The van der Waals surface area contributed by atoms with E-state index in [4.69, 9.17) is 21.4 Å². The van der Waals surface area contributed by atoms with Gasteiger partial charge in [-0.15, -0.1) is 0 Å². The third kappa shape index (κ3) is 11.1. The lowest BCUT2D eigenvalue weighted by Crippen LogP contribution is -2.29. The molecule has 0 aliphatic heterocycles. The number of aliphatic carboxylic acids is 1. The number of halogens is 1. The Balaban J connectivity index is 0.000000486. The molecule has 2 N–H and O–H groups in total. The summed E-state index contributed by atoms with van der Waals surface area (Å²) in [6.07, 6.45) is 0. The molecule has 1 rings (SSSR count). The minimum atomic E-state index is -0.862. The molecule has 0 spiro atoms. The summed E-state index contributed by atoms with van der Waals surface area (Å²) in [4.78, 5) is 10.5. The highest BCUT2D eigenvalue weighted by Gasteiger charge is 2.11. The average molecular weight is 316 g/mol. The normalized spacial score (nSPS) is 11.8. The quantitative estimate of drug-likeness (QED) is 0.837. The second kappa shape index (κ2) is 10.5. The minimum Gasteiger partial charge on any atom is -0.493 e. The standard InChI is InChI=1S/C10H11ClO3.C6H15N/c1-7(10(12)13)6-14-9-4-2-8(11)3-5-9;1-5(2)7-6(3)4/h2-5,7H,6H2,1H3,(H,12,13);5-7H,1-4H3. The number of ether oxygens (including phenoxy) is 1. The zero-order valence-corrected chi connectivity index (χ0v) is 14.1. The summed E-state index contributed by atoms with van der Waals surface area (Å²) in [7, 11) is 0.